The number of rotatable bonds is 6. The lowest BCUT2D eigenvalue weighted by atomic mass is 10.1. The molecule has 1 amide bonds. The molecule has 36 heavy (non-hydrogen) atoms. The monoisotopic (exact) mass is 509 g/mol. The minimum absolute atomic E-state index is 0.356. The molecule has 0 bridgehead atoms. The van der Waals surface area contributed by atoms with Gasteiger partial charge in [-0.2, -0.15) is 0 Å². The molecule has 0 saturated carbocycles. The van der Waals surface area contributed by atoms with E-state index in [2.05, 4.69) is 10.2 Å². The molecule has 2 aromatic carbocycles. The molecule has 0 spiro atoms. The van der Waals surface area contributed by atoms with Gasteiger partial charge in [-0.25, -0.2) is 27.2 Å². The maximum atomic E-state index is 12.3. The molecule has 1 aliphatic rings. The van der Waals surface area contributed by atoms with Crippen LogP contribution in [0.4, 0.5) is 16.3 Å². The molecule has 0 unspecified atom stereocenters. The Balaban J connectivity index is 1.61. The summed E-state index contributed by atoms with van der Waals surface area (Å²) in [6.07, 6.45) is 2.97. The van der Waals surface area contributed by atoms with Gasteiger partial charge in [-0.1, -0.05) is 6.92 Å². The molecule has 1 saturated heterocycles. The number of benzene rings is 2. The zero-order chi connectivity index (χ0) is 25.3. The summed E-state index contributed by atoms with van der Waals surface area (Å²) in [6.45, 7) is 4.87. The van der Waals surface area contributed by atoms with Crippen LogP contribution in [0.15, 0.2) is 48.7 Å². The first kappa shape index (κ1) is 24.0. The highest BCUT2D eigenvalue weighted by atomic mass is 32.2. The number of amides is 1. The van der Waals surface area contributed by atoms with Crippen molar-refractivity contribution in [1.82, 2.24) is 13.9 Å². The van der Waals surface area contributed by atoms with Gasteiger partial charge in [-0.15, -0.1) is 0 Å². The first-order valence-corrected chi connectivity index (χ1v) is 13.6. The van der Waals surface area contributed by atoms with Gasteiger partial charge < -0.3 is 14.4 Å². The van der Waals surface area contributed by atoms with Crippen LogP contribution >= 0.6 is 0 Å². The van der Waals surface area contributed by atoms with Crippen molar-refractivity contribution in [3.8, 4) is 11.4 Å². The molecule has 1 aliphatic heterocycles. The third kappa shape index (κ3) is 4.71. The minimum Gasteiger partial charge on any atom is -0.449 e. The lowest BCUT2D eigenvalue weighted by Gasteiger charge is -2.29. The number of carbonyl (C=O) groups is 1. The van der Waals surface area contributed by atoms with Gasteiger partial charge in [-0.05, 0) is 48.9 Å². The Kier molecular flexibility index (Phi) is 6.50. The number of anilines is 2. The fourth-order valence-electron chi connectivity index (χ4n) is 4.25. The van der Waals surface area contributed by atoms with Gasteiger partial charge in [0, 0.05) is 41.3 Å². The molecule has 188 valence electrons. The second-order valence-electron chi connectivity index (χ2n) is 8.58. The molecule has 3 heterocycles. The van der Waals surface area contributed by atoms with Crippen LogP contribution in [0.5, 0.6) is 0 Å². The van der Waals surface area contributed by atoms with Crippen LogP contribution in [-0.2, 0) is 19.5 Å². The molecule has 0 radical (unpaired) electrons. The van der Waals surface area contributed by atoms with Crippen LogP contribution in [0.1, 0.15) is 13.3 Å². The van der Waals surface area contributed by atoms with Gasteiger partial charge in [0.1, 0.15) is 5.82 Å². The van der Waals surface area contributed by atoms with E-state index in [-0.39, 0.29) is 0 Å². The SMILES string of the molecule is CCCOC(=O)Nc1ccc(-c2nc(N3CCOCC3)c3ccc4c(ccn4S(C)(=O)=O)c3n2)cc1. The van der Waals surface area contributed by atoms with E-state index in [0.717, 1.165) is 28.6 Å². The highest BCUT2D eigenvalue weighted by molar-refractivity contribution is 7.89. The van der Waals surface area contributed by atoms with Crippen LogP contribution in [0.25, 0.3) is 33.2 Å². The first-order chi connectivity index (χ1) is 17.3. The van der Waals surface area contributed by atoms with E-state index in [1.807, 2.05) is 25.1 Å². The molecule has 1 fully saturated rings. The number of nitrogens with one attached hydrogen (secondary N) is 1. The molecule has 0 aliphatic carbocycles. The number of fused-ring (bicyclic) bond motifs is 3. The number of hydrogen-bond acceptors (Lipinski definition) is 8. The second-order valence-corrected chi connectivity index (χ2v) is 10.4. The van der Waals surface area contributed by atoms with Crippen LogP contribution in [0.3, 0.4) is 0 Å². The van der Waals surface area contributed by atoms with Gasteiger partial charge in [0.2, 0.25) is 10.0 Å². The predicted octanol–water partition coefficient (Wildman–Crippen LogP) is 3.85. The van der Waals surface area contributed by atoms with Crippen LogP contribution < -0.4 is 10.2 Å². The molecule has 1 N–H and O–H groups in total. The van der Waals surface area contributed by atoms with Crippen LogP contribution in [-0.4, -0.2) is 67.6 Å². The van der Waals surface area contributed by atoms with Crippen molar-refractivity contribution < 1.29 is 22.7 Å². The number of nitrogens with zero attached hydrogens (tertiary/aromatic N) is 4. The zero-order valence-corrected chi connectivity index (χ0v) is 20.9. The lowest BCUT2D eigenvalue weighted by molar-refractivity contribution is 0.122. The topological polar surface area (TPSA) is 116 Å². The van der Waals surface area contributed by atoms with Gasteiger partial charge >= 0.3 is 6.09 Å². The summed E-state index contributed by atoms with van der Waals surface area (Å²) in [5.41, 5.74) is 2.60. The summed E-state index contributed by atoms with van der Waals surface area (Å²) in [5.74, 6) is 1.28. The normalized spacial score (nSPS) is 14.3. The van der Waals surface area contributed by atoms with E-state index in [4.69, 9.17) is 19.4 Å². The van der Waals surface area contributed by atoms with E-state index in [1.165, 1.54) is 10.2 Å². The van der Waals surface area contributed by atoms with Gasteiger partial charge in [0.05, 0.1) is 37.1 Å². The summed E-state index contributed by atoms with van der Waals surface area (Å²) in [4.78, 5) is 23.8. The molecule has 5 rings (SSSR count). The Bertz CT molecular complexity index is 1530. The Morgan fingerprint density at radius 2 is 1.81 bits per heavy atom. The van der Waals surface area contributed by atoms with Crippen molar-refractivity contribution in [2.75, 3.05) is 49.4 Å². The molecule has 4 aromatic rings. The second kappa shape index (κ2) is 9.75. The lowest BCUT2D eigenvalue weighted by Crippen LogP contribution is -2.37. The highest BCUT2D eigenvalue weighted by Gasteiger charge is 2.21. The number of hydrogen-bond donors (Lipinski definition) is 1. The number of carbonyl (C=O) groups excluding carboxylic acids is 1. The number of aromatic nitrogens is 3. The maximum Gasteiger partial charge on any atom is 0.411 e. The first-order valence-electron chi connectivity index (χ1n) is 11.7. The van der Waals surface area contributed by atoms with E-state index in [1.54, 1.807) is 30.5 Å². The van der Waals surface area contributed by atoms with Crippen molar-refractivity contribution in [3.63, 3.8) is 0 Å². The molecular weight excluding hydrogens is 482 g/mol. The van der Waals surface area contributed by atoms with Crippen molar-refractivity contribution in [3.05, 3.63) is 48.7 Å². The standard InChI is InChI=1S/C25H27N5O5S/c1-3-14-35-25(31)26-18-6-4-17(5-7-18)23-27-22-19-10-11-30(36(2,32)33)21(19)9-8-20(22)24(28-23)29-12-15-34-16-13-29/h4-11H,3,12-16H2,1-2H3,(H,26,31). The molecule has 11 heteroatoms. The average Bonchev–Trinajstić information content (AvgIpc) is 3.33. The number of ether oxygens (including phenoxy) is 2. The van der Waals surface area contributed by atoms with Gasteiger partial charge in [-0.3, -0.25) is 5.32 Å². The largest absolute Gasteiger partial charge is 0.449 e. The molecule has 10 nitrogen and oxygen atoms in total. The van der Waals surface area contributed by atoms with Gasteiger partial charge in [0.25, 0.3) is 0 Å². The Hall–Kier alpha value is -3.70. The van der Waals surface area contributed by atoms with Crippen molar-refractivity contribution in [2.45, 2.75) is 13.3 Å². The van der Waals surface area contributed by atoms with E-state index < -0.39 is 16.1 Å². The van der Waals surface area contributed by atoms with E-state index in [9.17, 15) is 13.2 Å². The third-order valence-corrected chi connectivity index (χ3v) is 7.01. The van der Waals surface area contributed by atoms with Crippen LogP contribution in [0, 0.1) is 0 Å². The summed E-state index contributed by atoms with van der Waals surface area (Å²) in [6, 6.07) is 12.7. The molecular formula is C25H27N5O5S. The van der Waals surface area contributed by atoms with Crippen molar-refractivity contribution in [2.24, 2.45) is 0 Å². The summed E-state index contributed by atoms with van der Waals surface area (Å²) in [5, 5.41) is 4.28. The third-order valence-electron chi connectivity index (χ3n) is 5.97. The number of morpholine rings is 1. The Morgan fingerprint density at radius 1 is 1.06 bits per heavy atom. The Labute approximate surface area is 208 Å². The maximum absolute atomic E-state index is 12.3. The average molecular weight is 510 g/mol. The minimum atomic E-state index is -3.47. The Morgan fingerprint density at radius 3 is 2.50 bits per heavy atom. The molecule has 2 aromatic heterocycles. The van der Waals surface area contributed by atoms with Crippen LogP contribution in [0.2, 0.25) is 0 Å². The summed E-state index contributed by atoms with van der Waals surface area (Å²) >= 11 is 0. The zero-order valence-electron chi connectivity index (χ0n) is 20.1. The van der Waals surface area contributed by atoms with Crippen molar-refractivity contribution >= 4 is 49.4 Å². The molecule has 0 atom stereocenters. The van der Waals surface area contributed by atoms with Gasteiger partial charge in [0.15, 0.2) is 5.82 Å². The predicted molar refractivity (Wildman–Crippen MR) is 139 cm³/mol. The van der Waals surface area contributed by atoms with E-state index >= 15 is 0 Å². The summed E-state index contributed by atoms with van der Waals surface area (Å²) in [7, 11) is -3.47. The summed E-state index contributed by atoms with van der Waals surface area (Å²) < 4.78 is 36.4. The fraction of sp³-hybridized carbons (Fsp3) is 0.320. The smallest absolute Gasteiger partial charge is 0.411 e. The van der Waals surface area contributed by atoms with E-state index in [0.29, 0.717) is 55.5 Å². The van der Waals surface area contributed by atoms with Crippen molar-refractivity contribution in [1.29, 1.82) is 0 Å². The fourth-order valence-corrected chi connectivity index (χ4v) is 5.05. The highest BCUT2D eigenvalue weighted by Crippen LogP contribution is 2.34. The quantitative estimate of drug-likeness (QED) is 0.417.